The Balaban J connectivity index is 2.89. The van der Waals surface area contributed by atoms with Crippen LogP contribution < -0.4 is 5.32 Å². The normalized spacial score (nSPS) is 11.9. The average Bonchev–Trinajstić information content (AvgIpc) is 2.27. The van der Waals surface area contributed by atoms with Crippen LogP contribution in [-0.4, -0.2) is 17.0 Å². The molecule has 0 saturated heterocycles. The van der Waals surface area contributed by atoms with Crippen LogP contribution in [0.5, 0.6) is 0 Å². The minimum Gasteiger partial charge on any atom is -0.481 e. The molecule has 0 fully saturated rings. The number of carbonyl (C=O) groups excluding carboxylic acids is 1. The molecule has 1 atom stereocenters. The van der Waals surface area contributed by atoms with E-state index in [-0.39, 0.29) is 12.3 Å². The average molecular weight is 235 g/mol. The first-order chi connectivity index (χ1) is 8.02. The van der Waals surface area contributed by atoms with Gasteiger partial charge in [-0.1, -0.05) is 36.8 Å². The summed E-state index contributed by atoms with van der Waals surface area (Å²) in [5, 5.41) is 11.6. The molecule has 1 unspecified atom stereocenters. The Hall–Kier alpha value is -1.84. The summed E-state index contributed by atoms with van der Waals surface area (Å²) >= 11 is 0. The SMILES string of the molecule is CCC(=O)NC(CC(=O)O)c1cccc(C)c1. The van der Waals surface area contributed by atoms with Crippen molar-refractivity contribution in [3.05, 3.63) is 35.4 Å². The second-order valence-corrected chi connectivity index (χ2v) is 3.99. The second-order valence-electron chi connectivity index (χ2n) is 3.99. The molecule has 4 nitrogen and oxygen atoms in total. The van der Waals surface area contributed by atoms with Crippen LogP contribution in [-0.2, 0) is 9.59 Å². The van der Waals surface area contributed by atoms with Crippen LogP contribution in [0.15, 0.2) is 24.3 Å². The van der Waals surface area contributed by atoms with E-state index in [1.807, 2.05) is 31.2 Å². The summed E-state index contributed by atoms with van der Waals surface area (Å²) in [5.74, 6) is -1.06. The van der Waals surface area contributed by atoms with E-state index in [1.165, 1.54) is 0 Å². The number of benzene rings is 1. The first kappa shape index (κ1) is 13.2. The summed E-state index contributed by atoms with van der Waals surface area (Å²) in [5.41, 5.74) is 1.87. The number of hydrogen-bond acceptors (Lipinski definition) is 2. The number of hydrogen-bond donors (Lipinski definition) is 2. The predicted molar refractivity (Wildman–Crippen MR) is 64.6 cm³/mol. The first-order valence-corrected chi connectivity index (χ1v) is 5.60. The fraction of sp³-hybridized carbons (Fsp3) is 0.385. The van der Waals surface area contributed by atoms with Crippen LogP contribution >= 0.6 is 0 Å². The lowest BCUT2D eigenvalue weighted by Crippen LogP contribution is -2.29. The van der Waals surface area contributed by atoms with E-state index in [0.29, 0.717) is 6.42 Å². The van der Waals surface area contributed by atoms with E-state index in [0.717, 1.165) is 11.1 Å². The van der Waals surface area contributed by atoms with Crippen molar-refractivity contribution in [3.63, 3.8) is 0 Å². The number of aliphatic carboxylic acids is 1. The topological polar surface area (TPSA) is 66.4 Å². The van der Waals surface area contributed by atoms with Crippen LogP contribution in [0.4, 0.5) is 0 Å². The van der Waals surface area contributed by atoms with Gasteiger partial charge in [-0.2, -0.15) is 0 Å². The maximum atomic E-state index is 11.4. The molecule has 1 aromatic rings. The number of rotatable bonds is 5. The van der Waals surface area contributed by atoms with Gasteiger partial charge < -0.3 is 10.4 Å². The largest absolute Gasteiger partial charge is 0.481 e. The molecule has 0 aliphatic carbocycles. The molecule has 0 aliphatic rings. The Bertz CT molecular complexity index is 415. The van der Waals surface area contributed by atoms with E-state index in [9.17, 15) is 9.59 Å². The molecule has 0 aromatic heterocycles. The third kappa shape index (κ3) is 4.26. The Kier molecular flexibility index (Phi) is 4.69. The molecule has 0 aliphatic heterocycles. The summed E-state index contributed by atoms with van der Waals surface area (Å²) in [6, 6.07) is 7.06. The molecule has 1 amide bonds. The van der Waals surface area contributed by atoms with E-state index < -0.39 is 12.0 Å². The number of carboxylic acid groups (broad SMARTS) is 1. The summed E-state index contributed by atoms with van der Waals surface area (Å²) in [6.45, 7) is 3.67. The molecule has 0 bridgehead atoms. The van der Waals surface area contributed by atoms with Crippen LogP contribution in [0, 0.1) is 6.92 Å². The molecule has 0 radical (unpaired) electrons. The van der Waals surface area contributed by atoms with Gasteiger partial charge in [-0.3, -0.25) is 9.59 Å². The van der Waals surface area contributed by atoms with Crippen LogP contribution in [0.1, 0.15) is 36.9 Å². The van der Waals surface area contributed by atoms with Gasteiger partial charge in [0.1, 0.15) is 0 Å². The van der Waals surface area contributed by atoms with E-state index >= 15 is 0 Å². The first-order valence-electron chi connectivity index (χ1n) is 5.60. The zero-order valence-electron chi connectivity index (χ0n) is 10.1. The Morgan fingerprint density at radius 3 is 2.65 bits per heavy atom. The molecule has 1 rings (SSSR count). The van der Waals surface area contributed by atoms with Crippen molar-refractivity contribution in [2.24, 2.45) is 0 Å². The van der Waals surface area contributed by atoms with Crippen LogP contribution in [0.2, 0.25) is 0 Å². The zero-order chi connectivity index (χ0) is 12.8. The van der Waals surface area contributed by atoms with Gasteiger partial charge in [-0.05, 0) is 12.5 Å². The van der Waals surface area contributed by atoms with Crippen molar-refractivity contribution in [2.45, 2.75) is 32.7 Å². The number of carboxylic acids is 1. The summed E-state index contributed by atoms with van der Waals surface area (Å²) in [6.07, 6.45) is 0.247. The fourth-order valence-electron chi connectivity index (χ4n) is 1.61. The lowest BCUT2D eigenvalue weighted by Gasteiger charge is -2.17. The van der Waals surface area contributed by atoms with E-state index in [4.69, 9.17) is 5.11 Å². The maximum Gasteiger partial charge on any atom is 0.305 e. The number of aryl methyl sites for hydroxylation is 1. The highest BCUT2D eigenvalue weighted by molar-refractivity contribution is 5.77. The molecule has 92 valence electrons. The maximum absolute atomic E-state index is 11.4. The summed E-state index contributed by atoms with van der Waals surface area (Å²) < 4.78 is 0. The molecule has 4 heteroatoms. The zero-order valence-corrected chi connectivity index (χ0v) is 10.1. The van der Waals surface area contributed by atoms with Crippen LogP contribution in [0.25, 0.3) is 0 Å². The van der Waals surface area contributed by atoms with Crippen molar-refractivity contribution >= 4 is 11.9 Å². The van der Waals surface area contributed by atoms with E-state index in [2.05, 4.69) is 5.32 Å². The fourth-order valence-corrected chi connectivity index (χ4v) is 1.61. The quantitative estimate of drug-likeness (QED) is 0.820. The molecular formula is C13H17NO3. The van der Waals surface area contributed by atoms with Gasteiger partial charge in [0.2, 0.25) is 5.91 Å². The number of nitrogens with one attached hydrogen (secondary N) is 1. The monoisotopic (exact) mass is 235 g/mol. The van der Waals surface area contributed by atoms with Gasteiger partial charge >= 0.3 is 5.97 Å². The molecular weight excluding hydrogens is 218 g/mol. The number of amides is 1. The molecule has 17 heavy (non-hydrogen) atoms. The third-order valence-electron chi connectivity index (χ3n) is 2.48. The third-order valence-corrected chi connectivity index (χ3v) is 2.48. The lowest BCUT2D eigenvalue weighted by atomic mass is 10.0. The molecule has 0 saturated carbocycles. The highest BCUT2D eigenvalue weighted by Gasteiger charge is 2.17. The van der Waals surface area contributed by atoms with Crippen molar-refractivity contribution in [2.75, 3.05) is 0 Å². The predicted octanol–water partition coefficient (Wildman–Crippen LogP) is 2.04. The molecule has 0 heterocycles. The molecule has 0 spiro atoms. The van der Waals surface area contributed by atoms with Crippen molar-refractivity contribution in [1.29, 1.82) is 0 Å². The Labute approximate surface area is 101 Å². The minimum absolute atomic E-state index is 0.102. The Morgan fingerprint density at radius 2 is 2.12 bits per heavy atom. The van der Waals surface area contributed by atoms with Gasteiger partial charge in [0, 0.05) is 6.42 Å². The van der Waals surface area contributed by atoms with Crippen molar-refractivity contribution < 1.29 is 14.7 Å². The van der Waals surface area contributed by atoms with Gasteiger partial charge in [-0.15, -0.1) is 0 Å². The highest BCUT2D eigenvalue weighted by Crippen LogP contribution is 2.18. The van der Waals surface area contributed by atoms with Gasteiger partial charge in [0.05, 0.1) is 12.5 Å². The number of carbonyl (C=O) groups is 2. The standard InChI is InChI=1S/C13H17NO3/c1-3-12(15)14-11(8-13(16)17)10-6-4-5-9(2)7-10/h4-7,11H,3,8H2,1-2H3,(H,14,15)(H,16,17). The highest BCUT2D eigenvalue weighted by atomic mass is 16.4. The minimum atomic E-state index is -0.923. The molecule has 1 aromatic carbocycles. The smallest absolute Gasteiger partial charge is 0.305 e. The van der Waals surface area contributed by atoms with Gasteiger partial charge in [0.15, 0.2) is 0 Å². The van der Waals surface area contributed by atoms with Crippen LogP contribution in [0.3, 0.4) is 0 Å². The lowest BCUT2D eigenvalue weighted by molar-refractivity contribution is -0.137. The second kappa shape index (κ2) is 6.03. The van der Waals surface area contributed by atoms with Gasteiger partial charge in [0.25, 0.3) is 0 Å². The van der Waals surface area contributed by atoms with Crippen molar-refractivity contribution in [3.8, 4) is 0 Å². The summed E-state index contributed by atoms with van der Waals surface area (Å²) in [7, 11) is 0. The van der Waals surface area contributed by atoms with E-state index in [1.54, 1.807) is 6.92 Å². The summed E-state index contributed by atoms with van der Waals surface area (Å²) in [4.78, 5) is 22.1. The van der Waals surface area contributed by atoms with Gasteiger partial charge in [-0.25, -0.2) is 0 Å². The molecule has 2 N–H and O–H groups in total. The Morgan fingerprint density at radius 1 is 1.41 bits per heavy atom. The van der Waals surface area contributed by atoms with Crippen molar-refractivity contribution in [1.82, 2.24) is 5.32 Å².